The van der Waals surface area contributed by atoms with Crippen LogP contribution in [0.5, 0.6) is 0 Å². The van der Waals surface area contributed by atoms with E-state index in [0.29, 0.717) is 5.56 Å². The van der Waals surface area contributed by atoms with Crippen LogP contribution in [0.1, 0.15) is 34.3 Å². The Labute approximate surface area is 88.7 Å². The van der Waals surface area contributed by atoms with Gasteiger partial charge in [0.15, 0.2) is 5.78 Å². The lowest BCUT2D eigenvalue weighted by Crippen LogP contribution is -2.07. The first kappa shape index (κ1) is 11.4. The predicted molar refractivity (Wildman–Crippen MR) is 57.1 cm³/mol. The highest BCUT2D eigenvalue weighted by Crippen LogP contribution is 2.16. The van der Waals surface area contributed by atoms with Gasteiger partial charge in [-0.15, -0.1) is 0 Å². The van der Waals surface area contributed by atoms with Crippen LogP contribution in [0.4, 0.5) is 0 Å². The first-order chi connectivity index (χ1) is 7.02. The van der Waals surface area contributed by atoms with Gasteiger partial charge in [0.1, 0.15) is 0 Å². The highest BCUT2D eigenvalue weighted by Gasteiger charge is 2.12. The topological polar surface area (TPSA) is 54.4 Å². The number of rotatable bonds is 4. The molecule has 1 rings (SSSR count). The monoisotopic (exact) mass is 206 g/mol. The van der Waals surface area contributed by atoms with E-state index in [-0.39, 0.29) is 18.6 Å². The number of carboxylic acids is 1. The van der Waals surface area contributed by atoms with Crippen molar-refractivity contribution in [3.05, 3.63) is 34.9 Å². The first-order valence-corrected chi connectivity index (χ1v) is 4.83. The van der Waals surface area contributed by atoms with Crippen molar-refractivity contribution in [2.24, 2.45) is 0 Å². The summed E-state index contributed by atoms with van der Waals surface area (Å²) in [5, 5.41) is 8.50. The number of benzene rings is 1. The Morgan fingerprint density at radius 2 is 1.67 bits per heavy atom. The van der Waals surface area contributed by atoms with E-state index >= 15 is 0 Å². The molecule has 0 aliphatic rings. The lowest BCUT2D eigenvalue weighted by Gasteiger charge is -2.07. The van der Waals surface area contributed by atoms with Gasteiger partial charge in [-0.1, -0.05) is 18.2 Å². The molecule has 0 amide bonds. The van der Waals surface area contributed by atoms with Crippen molar-refractivity contribution >= 4 is 11.8 Å². The molecule has 0 bridgehead atoms. The van der Waals surface area contributed by atoms with Crippen LogP contribution in [-0.4, -0.2) is 16.9 Å². The van der Waals surface area contributed by atoms with Gasteiger partial charge in [-0.25, -0.2) is 0 Å². The number of Topliss-reactive ketones (excluding diaryl/α,β-unsaturated/α-hetero) is 1. The molecular weight excluding hydrogens is 192 g/mol. The molecule has 15 heavy (non-hydrogen) atoms. The van der Waals surface area contributed by atoms with E-state index in [1.807, 2.05) is 32.0 Å². The number of carbonyl (C=O) groups excluding carboxylic acids is 1. The quantitative estimate of drug-likeness (QED) is 0.769. The molecule has 3 nitrogen and oxygen atoms in total. The van der Waals surface area contributed by atoms with Crippen LogP contribution in [-0.2, 0) is 4.79 Å². The van der Waals surface area contributed by atoms with E-state index in [9.17, 15) is 9.59 Å². The number of hydrogen-bond acceptors (Lipinski definition) is 2. The zero-order valence-electron chi connectivity index (χ0n) is 8.91. The van der Waals surface area contributed by atoms with E-state index in [2.05, 4.69) is 0 Å². The van der Waals surface area contributed by atoms with E-state index < -0.39 is 5.97 Å². The summed E-state index contributed by atoms with van der Waals surface area (Å²) in [5.74, 6) is -1.03. The fourth-order valence-electron chi connectivity index (χ4n) is 1.60. The normalized spacial score (nSPS) is 10.0. The summed E-state index contributed by atoms with van der Waals surface area (Å²) in [5.41, 5.74) is 2.48. The maximum absolute atomic E-state index is 11.7. The molecule has 80 valence electrons. The Balaban J connectivity index is 2.86. The summed E-state index contributed by atoms with van der Waals surface area (Å²) in [6, 6.07) is 5.61. The fourth-order valence-corrected chi connectivity index (χ4v) is 1.60. The second kappa shape index (κ2) is 4.73. The molecule has 0 aromatic heterocycles. The SMILES string of the molecule is Cc1cccc(C)c1C(=O)CCC(=O)O. The molecule has 1 aromatic carbocycles. The lowest BCUT2D eigenvalue weighted by molar-refractivity contribution is -0.136. The average molecular weight is 206 g/mol. The summed E-state index contributed by atoms with van der Waals surface area (Å²) in [4.78, 5) is 22.1. The van der Waals surface area contributed by atoms with Crippen LogP contribution in [0, 0.1) is 13.8 Å². The molecule has 3 heteroatoms. The van der Waals surface area contributed by atoms with Crippen LogP contribution in [0.2, 0.25) is 0 Å². The largest absolute Gasteiger partial charge is 0.481 e. The Morgan fingerprint density at radius 3 is 2.13 bits per heavy atom. The summed E-state index contributed by atoms with van der Waals surface area (Å²) in [6.07, 6.45) is -0.0341. The van der Waals surface area contributed by atoms with Crippen LogP contribution in [0.3, 0.4) is 0 Å². The molecule has 0 heterocycles. The molecule has 1 N–H and O–H groups in total. The fraction of sp³-hybridized carbons (Fsp3) is 0.333. The lowest BCUT2D eigenvalue weighted by atomic mass is 9.97. The van der Waals surface area contributed by atoms with Crippen LogP contribution >= 0.6 is 0 Å². The van der Waals surface area contributed by atoms with Gasteiger partial charge < -0.3 is 5.11 Å². The summed E-state index contributed by atoms with van der Waals surface area (Å²) in [6.45, 7) is 3.72. The minimum absolute atomic E-state index is 0.0705. The Morgan fingerprint density at radius 1 is 1.13 bits per heavy atom. The minimum Gasteiger partial charge on any atom is -0.481 e. The number of carbonyl (C=O) groups is 2. The molecule has 0 radical (unpaired) electrons. The van der Waals surface area contributed by atoms with E-state index in [1.165, 1.54) is 0 Å². The number of carboxylic acid groups (broad SMARTS) is 1. The van der Waals surface area contributed by atoms with Crippen molar-refractivity contribution in [2.45, 2.75) is 26.7 Å². The zero-order chi connectivity index (χ0) is 11.4. The molecule has 0 fully saturated rings. The Hall–Kier alpha value is -1.64. The molecule has 0 aliphatic heterocycles. The van der Waals surface area contributed by atoms with Crippen molar-refractivity contribution in [2.75, 3.05) is 0 Å². The Bertz CT molecular complexity index is 374. The van der Waals surface area contributed by atoms with Crippen molar-refractivity contribution in [3.8, 4) is 0 Å². The number of hydrogen-bond donors (Lipinski definition) is 1. The van der Waals surface area contributed by atoms with Gasteiger partial charge in [0.2, 0.25) is 0 Å². The highest BCUT2D eigenvalue weighted by molar-refractivity contribution is 5.99. The second-order valence-electron chi connectivity index (χ2n) is 3.58. The van der Waals surface area contributed by atoms with E-state index in [1.54, 1.807) is 0 Å². The van der Waals surface area contributed by atoms with Gasteiger partial charge in [0, 0.05) is 12.0 Å². The summed E-state index contributed by atoms with van der Waals surface area (Å²) < 4.78 is 0. The van der Waals surface area contributed by atoms with Gasteiger partial charge in [0.05, 0.1) is 6.42 Å². The molecule has 0 aliphatic carbocycles. The third-order valence-corrected chi connectivity index (χ3v) is 2.33. The second-order valence-corrected chi connectivity index (χ2v) is 3.58. The third kappa shape index (κ3) is 2.91. The van der Waals surface area contributed by atoms with Crippen LogP contribution in [0.15, 0.2) is 18.2 Å². The van der Waals surface area contributed by atoms with E-state index in [0.717, 1.165) is 11.1 Å². The molecule has 0 saturated carbocycles. The standard InChI is InChI=1S/C12H14O3/c1-8-4-3-5-9(2)12(8)10(13)6-7-11(14)15/h3-5H,6-7H2,1-2H3,(H,14,15). The number of aliphatic carboxylic acids is 1. The highest BCUT2D eigenvalue weighted by atomic mass is 16.4. The van der Waals surface area contributed by atoms with E-state index in [4.69, 9.17) is 5.11 Å². The molecular formula is C12H14O3. The van der Waals surface area contributed by atoms with Crippen molar-refractivity contribution < 1.29 is 14.7 Å². The van der Waals surface area contributed by atoms with Gasteiger partial charge in [0.25, 0.3) is 0 Å². The van der Waals surface area contributed by atoms with Crippen LogP contribution in [0.25, 0.3) is 0 Å². The van der Waals surface area contributed by atoms with Crippen molar-refractivity contribution in [3.63, 3.8) is 0 Å². The molecule has 0 saturated heterocycles. The molecule has 1 aromatic rings. The summed E-state index contributed by atoms with van der Waals surface area (Å²) in [7, 11) is 0. The molecule has 0 unspecified atom stereocenters. The van der Waals surface area contributed by atoms with Crippen molar-refractivity contribution in [1.29, 1.82) is 0 Å². The maximum atomic E-state index is 11.7. The van der Waals surface area contributed by atoms with Gasteiger partial charge >= 0.3 is 5.97 Å². The average Bonchev–Trinajstić information content (AvgIpc) is 2.14. The summed E-state index contributed by atoms with van der Waals surface area (Å²) >= 11 is 0. The predicted octanol–water partition coefficient (Wildman–Crippen LogP) is 2.35. The Kier molecular flexibility index (Phi) is 3.61. The van der Waals surface area contributed by atoms with Gasteiger partial charge in [-0.3, -0.25) is 9.59 Å². The van der Waals surface area contributed by atoms with Gasteiger partial charge in [-0.2, -0.15) is 0 Å². The minimum atomic E-state index is -0.936. The maximum Gasteiger partial charge on any atom is 0.303 e. The van der Waals surface area contributed by atoms with Gasteiger partial charge in [-0.05, 0) is 25.0 Å². The number of aryl methyl sites for hydroxylation is 2. The first-order valence-electron chi connectivity index (χ1n) is 4.83. The third-order valence-electron chi connectivity index (χ3n) is 2.33. The molecule has 0 atom stereocenters. The van der Waals surface area contributed by atoms with Crippen molar-refractivity contribution in [1.82, 2.24) is 0 Å². The van der Waals surface area contributed by atoms with Crippen LogP contribution < -0.4 is 0 Å². The zero-order valence-corrected chi connectivity index (χ0v) is 8.91. The smallest absolute Gasteiger partial charge is 0.303 e. The number of ketones is 1. The molecule has 0 spiro atoms.